The summed E-state index contributed by atoms with van der Waals surface area (Å²) in [5.41, 5.74) is 1.03. The lowest BCUT2D eigenvalue weighted by molar-refractivity contribution is 0.0746. The fraction of sp³-hybridized carbons (Fsp3) is 0.227. The maximum absolute atomic E-state index is 13.1. The summed E-state index contributed by atoms with van der Waals surface area (Å²) in [7, 11) is -3.96. The van der Waals surface area contributed by atoms with Crippen LogP contribution in [0.5, 0.6) is 0 Å². The number of carbonyl (C=O) groups excluding carboxylic acids is 1. The van der Waals surface area contributed by atoms with Gasteiger partial charge in [-0.25, -0.2) is 22.8 Å². The third-order valence-electron chi connectivity index (χ3n) is 5.22. The molecule has 0 bridgehead atoms. The van der Waals surface area contributed by atoms with Crippen LogP contribution in [0.2, 0.25) is 0 Å². The molecular formula is C22H22FN5O3S. The average Bonchev–Trinajstić information content (AvgIpc) is 2.81. The zero-order valence-electron chi connectivity index (χ0n) is 17.4. The largest absolute Gasteiger partial charge is 0.337 e. The number of piperazine rings is 1. The van der Waals surface area contributed by atoms with Crippen LogP contribution in [0, 0.1) is 12.7 Å². The maximum Gasteiger partial charge on any atom is 0.262 e. The van der Waals surface area contributed by atoms with Crippen LogP contribution in [0.25, 0.3) is 0 Å². The van der Waals surface area contributed by atoms with Crippen molar-refractivity contribution in [1.29, 1.82) is 0 Å². The lowest BCUT2D eigenvalue weighted by atomic mass is 10.1. The van der Waals surface area contributed by atoms with E-state index in [0.717, 1.165) is 0 Å². The number of aromatic nitrogens is 2. The van der Waals surface area contributed by atoms with E-state index in [1.54, 1.807) is 42.4 Å². The van der Waals surface area contributed by atoms with Gasteiger partial charge in [-0.05, 0) is 55.0 Å². The van der Waals surface area contributed by atoms with Gasteiger partial charge in [0.1, 0.15) is 5.82 Å². The number of benzene rings is 2. The zero-order chi connectivity index (χ0) is 22.7. The fourth-order valence-electron chi connectivity index (χ4n) is 3.50. The number of nitrogens with zero attached hydrogens (tertiary/aromatic N) is 4. The Kier molecular flexibility index (Phi) is 6.04. The number of amides is 1. The van der Waals surface area contributed by atoms with Gasteiger partial charge in [0, 0.05) is 49.8 Å². The molecule has 0 saturated carbocycles. The van der Waals surface area contributed by atoms with E-state index in [0.29, 0.717) is 43.3 Å². The monoisotopic (exact) mass is 455 g/mol. The van der Waals surface area contributed by atoms with Crippen LogP contribution >= 0.6 is 0 Å². The minimum Gasteiger partial charge on any atom is -0.337 e. The highest BCUT2D eigenvalue weighted by Gasteiger charge is 2.25. The molecule has 1 aliphatic rings. The lowest BCUT2D eigenvalue weighted by Crippen LogP contribution is -2.49. The van der Waals surface area contributed by atoms with Crippen LogP contribution in [-0.4, -0.2) is 55.4 Å². The number of halogens is 1. The molecule has 166 valence electrons. The standard InChI is InChI=1S/C22H22FN5O3S/c1-16-3-4-17(15-20(16)32(30,31)26-19-7-5-18(23)6-8-19)21(29)27-11-13-28(14-12-27)22-24-9-2-10-25-22/h2-10,15,26H,11-14H2,1H3. The Labute approximate surface area is 185 Å². The highest BCUT2D eigenvalue weighted by atomic mass is 32.2. The summed E-state index contributed by atoms with van der Waals surface area (Å²) in [6.45, 7) is 3.77. The van der Waals surface area contributed by atoms with Crippen molar-refractivity contribution in [3.8, 4) is 0 Å². The van der Waals surface area contributed by atoms with Crippen molar-refractivity contribution in [3.05, 3.63) is 77.9 Å². The molecule has 1 aliphatic heterocycles. The van der Waals surface area contributed by atoms with Crippen molar-refractivity contribution >= 4 is 27.6 Å². The maximum atomic E-state index is 13.1. The van der Waals surface area contributed by atoms with Gasteiger partial charge in [-0.3, -0.25) is 9.52 Å². The van der Waals surface area contributed by atoms with Gasteiger partial charge in [0.2, 0.25) is 5.95 Å². The van der Waals surface area contributed by atoms with Gasteiger partial charge in [0.25, 0.3) is 15.9 Å². The molecule has 0 aliphatic carbocycles. The van der Waals surface area contributed by atoms with Gasteiger partial charge in [-0.1, -0.05) is 6.07 Å². The molecule has 1 fully saturated rings. The summed E-state index contributed by atoms with van der Waals surface area (Å²) < 4.78 is 41.4. The molecule has 0 atom stereocenters. The first-order chi connectivity index (χ1) is 15.3. The van der Waals surface area contributed by atoms with Crippen LogP contribution in [-0.2, 0) is 10.0 Å². The van der Waals surface area contributed by atoms with Gasteiger partial charge in [-0.15, -0.1) is 0 Å². The van der Waals surface area contributed by atoms with Crippen molar-refractivity contribution in [2.24, 2.45) is 0 Å². The summed E-state index contributed by atoms with van der Waals surface area (Å²) in [6.07, 6.45) is 3.35. The van der Waals surface area contributed by atoms with E-state index >= 15 is 0 Å². The molecule has 0 radical (unpaired) electrons. The molecule has 1 aromatic heterocycles. The molecule has 32 heavy (non-hydrogen) atoms. The highest BCUT2D eigenvalue weighted by molar-refractivity contribution is 7.92. The molecule has 3 aromatic rings. The molecule has 2 heterocycles. The number of sulfonamides is 1. The minimum absolute atomic E-state index is 0.00370. The molecule has 4 rings (SSSR count). The van der Waals surface area contributed by atoms with Crippen molar-refractivity contribution < 1.29 is 17.6 Å². The molecule has 1 amide bonds. The first-order valence-electron chi connectivity index (χ1n) is 10.0. The third kappa shape index (κ3) is 4.70. The smallest absolute Gasteiger partial charge is 0.262 e. The third-order valence-corrected chi connectivity index (χ3v) is 6.75. The quantitative estimate of drug-likeness (QED) is 0.636. The SMILES string of the molecule is Cc1ccc(C(=O)N2CCN(c3ncccn3)CC2)cc1S(=O)(=O)Nc1ccc(F)cc1. The number of rotatable bonds is 5. The van der Waals surface area contributed by atoms with Crippen molar-refractivity contribution in [2.75, 3.05) is 35.8 Å². The lowest BCUT2D eigenvalue weighted by Gasteiger charge is -2.34. The number of anilines is 2. The van der Waals surface area contributed by atoms with Crippen molar-refractivity contribution in [2.45, 2.75) is 11.8 Å². The van der Waals surface area contributed by atoms with Crippen molar-refractivity contribution in [3.63, 3.8) is 0 Å². The van der Waals surface area contributed by atoms with Gasteiger partial charge < -0.3 is 9.80 Å². The van der Waals surface area contributed by atoms with Gasteiger partial charge in [0.15, 0.2) is 0 Å². The van der Waals surface area contributed by atoms with Crippen LogP contribution in [0.1, 0.15) is 15.9 Å². The van der Waals surface area contributed by atoms with Gasteiger partial charge >= 0.3 is 0 Å². The number of aryl methyl sites for hydroxylation is 1. The van der Waals surface area contributed by atoms with E-state index in [1.807, 2.05) is 4.90 Å². The Balaban J connectivity index is 1.49. The summed E-state index contributed by atoms with van der Waals surface area (Å²) in [4.78, 5) is 25.2. The zero-order valence-corrected chi connectivity index (χ0v) is 18.2. The fourth-order valence-corrected chi connectivity index (χ4v) is 4.83. The summed E-state index contributed by atoms with van der Waals surface area (Å²) in [6, 6.07) is 11.4. The van der Waals surface area contributed by atoms with Crippen LogP contribution < -0.4 is 9.62 Å². The van der Waals surface area contributed by atoms with E-state index in [9.17, 15) is 17.6 Å². The van der Waals surface area contributed by atoms with E-state index in [2.05, 4.69) is 14.7 Å². The Morgan fingerprint density at radius 1 is 1.00 bits per heavy atom. The number of carbonyl (C=O) groups is 1. The van der Waals surface area contributed by atoms with E-state index < -0.39 is 15.8 Å². The predicted octanol–water partition coefficient (Wildman–Crippen LogP) is 2.69. The molecule has 10 heteroatoms. The second-order valence-electron chi connectivity index (χ2n) is 7.42. The second-order valence-corrected chi connectivity index (χ2v) is 9.07. The molecule has 2 aromatic carbocycles. The van der Waals surface area contributed by atoms with Crippen LogP contribution in [0.4, 0.5) is 16.0 Å². The Morgan fingerprint density at radius 3 is 2.31 bits per heavy atom. The second kappa shape index (κ2) is 8.91. The highest BCUT2D eigenvalue weighted by Crippen LogP contribution is 2.22. The molecule has 0 unspecified atom stereocenters. The topological polar surface area (TPSA) is 95.5 Å². The number of hydrogen-bond acceptors (Lipinski definition) is 6. The van der Waals surface area contributed by atoms with E-state index in [1.165, 1.54) is 30.3 Å². The molecular weight excluding hydrogens is 433 g/mol. The molecule has 1 N–H and O–H groups in total. The Bertz CT molecular complexity index is 1210. The first kappa shape index (κ1) is 21.7. The van der Waals surface area contributed by atoms with Gasteiger partial charge in [-0.2, -0.15) is 0 Å². The predicted molar refractivity (Wildman–Crippen MR) is 119 cm³/mol. The summed E-state index contributed by atoms with van der Waals surface area (Å²) in [5.74, 6) is -0.0808. The molecule has 0 spiro atoms. The normalized spacial score (nSPS) is 14.3. The molecule has 1 saturated heterocycles. The average molecular weight is 456 g/mol. The summed E-state index contributed by atoms with van der Waals surface area (Å²) in [5, 5.41) is 0. The van der Waals surface area contributed by atoms with Crippen LogP contribution in [0.3, 0.4) is 0 Å². The summed E-state index contributed by atoms with van der Waals surface area (Å²) >= 11 is 0. The Morgan fingerprint density at radius 2 is 1.66 bits per heavy atom. The first-order valence-corrected chi connectivity index (χ1v) is 11.5. The molecule has 8 nitrogen and oxygen atoms in total. The Hall–Kier alpha value is -3.53. The minimum atomic E-state index is -3.96. The number of hydrogen-bond donors (Lipinski definition) is 1. The van der Waals surface area contributed by atoms with E-state index in [4.69, 9.17) is 0 Å². The van der Waals surface area contributed by atoms with E-state index in [-0.39, 0.29) is 16.5 Å². The van der Waals surface area contributed by atoms with Gasteiger partial charge in [0.05, 0.1) is 4.90 Å². The van der Waals surface area contributed by atoms with Crippen molar-refractivity contribution in [1.82, 2.24) is 14.9 Å². The number of nitrogens with one attached hydrogen (secondary N) is 1. The van der Waals surface area contributed by atoms with Crippen LogP contribution in [0.15, 0.2) is 65.8 Å².